The molecule has 0 saturated heterocycles. The van der Waals surface area contributed by atoms with Crippen LogP contribution in [0.4, 0.5) is 0 Å². The first-order valence-electron chi connectivity index (χ1n) is 11.9. The first-order chi connectivity index (χ1) is 14.4. The maximum absolute atomic E-state index is 13.9. The summed E-state index contributed by atoms with van der Waals surface area (Å²) in [4.78, 5) is 19.0. The fourth-order valence-corrected chi connectivity index (χ4v) is 6.00. The lowest BCUT2D eigenvalue weighted by Crippen LogP contribution is -3.00. The van der Waals surface area contributed by atoms with Crippen LogP contribution in [-0.4, -0.2) is 79.8 Å². The zero-order chi connectivity index (χ0) is 25.4. The van der Waals surface area contributed by atoms with Gasteiger partial charge >= 0.3 is 7.60 Å². The third-order valence-corrected chi connectivity index (χ3v) is 8.13. The molecule has 0 spiro atoms. The highest BCUT2D eigenvalue weighted by Crippen LogP contribution is 2.60. The number of carbonyl (C=O) groups excluding carboxylic acids is 1. The third-order valence-electron chi connectivity index (χ3n) is 5.31. The van der Waals surface area contributed by atoms with Crippen molar-refractivity contribution in [1.82, 2.24) is 10.4 Å². The lowest BCUT2D eigenvalue weighted by Gasteiger charge is -2.48. The highest BCUT2D eigenvalue weighted by molar-refractivity contribution is 7.54. The van der Waals surface area contributed by atoms with E-state index in [2.05, 4.69) is 26.3 Å². The van der Waals surface area contributed by atoms with Crippen LogP contribution in [0.15, 0.2) is 0 Å². The minimum absolute atomic E-state index is 0. The molecule has 0 aromatic rings. The van der Waals surface area contributed by atoms with Crippen molar-refractivity contribution >= 4 is 13.5 Å². The van der Waals surface area contributed by atoms with E-state index in [0.29, 0.717) is 6.54 Å². The Morgan fingerprint density at radius 2 is 1.52 bits per heavy atom. The van der Waals surface area contributed by atoms with E-state index in [4.69, 9.17) is 13.9 Å². The van der Waals surface area contributed by atoms with Crippen molar-refractivity contribution in [3.05, 3.63) is 0 Å². The fraction of sp³-hybridized carbons (Fsp3) is 0.957. The van der Waals surface area contributed by atoms with Crippen LogP contribution in [0.25, 0.3) is 0 Å². The summed E-state index contributed by atoms with van der Waals surface area (Å²) in [6.45, 7) is 22.4. The zero-order valence-corrected chi connectivity index (χ0v) is 25.6. The highest BCUT2D eigenvalue weighted by atomic mass is 79.9. The smallest absolute Gasteiger partial charge is 0.350 e. The summed E-state index contributed by atoms with van der Waals surface area (Å²) in [7, 11) is 0.783. The van der Waals surface area contributed by atoms with Gasteiger partial charge < -0.3 is 35.8 Å². The number of halogens is 1. The van der Waals surface area contributed by atoms with Crippen LogP contribution in [-0.2, 0) is 23.2 Å². The Morgan fingerprint density at radius 3 is 1.88 bits per heavy atom. The van der Waals surface area contributed by atoms with Crippen molar-refractivity contribution in [3.63, 3.8) is 0 Å². The lowest BCUT2D eigenvalue weighted by atomic mass is 9.94. The summed E-state index contributed by atoms with van der Waals surface area (Å²) in [6.07, 6.45) is 0.126. The highest BCUT2D eigenvalue weighted by Gasteiger charge is 2.51. The molecule has 0 aliphatic heterocycles. The third kappa shape index (κ3) is 12.0. The second-order valence-corrected chi connectivity index (χ2v) is 13.1. The number of nitrogens with one attached hydrogen (secondary N) is 1. The van der Waals surface area contributed by atoms with Crippen LogP contribution in [0, 0.1) is 5.41 Å². The molecule has 0 aliphatic carbocycles. The van der Waals surface area contributed by atoms with Gasteiger partial charge in [-0.3, -0.25) is 14.2 Å². The summed E-state index contributed by atoms with van der Waals surface area (Å²) in [5.41, 5.74) is -1.06. The van der Waals surface area contributed by atoms with E-state index in [-0.39, 0.29) is 36.1 Å². The monoisotopic (exact) mass is 559 g/mol. The average molecular weight is 561 g/mol. The number of hydrogen-bond acceptors (Lipinski definition) is 6. The average Bonchev–Trinajstić information content (AvgIpc) is 2.62. The quantitative estimate of drug-likeness (QED) is 0.151. The first-order valence-corrected chi connectivity index (χ1v) is 13.5. The van der Waals surface area contributed by atoms with Gasteiger partial charge in [0.15, 0.2) is 6.10 Å². The molecule has 0 aromatic heterocycles. The Balaban J connectivity index is 0. The molecule has 0 saturated carbocycles. The van der Waals surface area contributed by atoms with Gasteiger partial charge in [-0.05, 0) is 53.9 Å². The van der Waals surface area contributed by atoms with E-state index >= 15 is 0 Å². The van der Waals surface area contributed by atoms with Crippen molar-refractivity contribution < 1.29 is 44.7 Å². The number of amides is 1. The van der Waals surface area contributed by atoms with Gasteiger partial charge in [0, 0.05) is 18.5 Å². The Kier molecular flexibility index (Phi) is 15.5. The first kappa shape index (κ1) is 35.1. The Hall–Kier alpha value is -0.0200. The largest absolute Gasteiger partial charge is 1.00 e. The van der Waals surface area contributed by atoms with Crippen molar-refractivity contribution in [1.29, 1.82) is 0 Å². The lowest BCUT2D eigenvalue weighted by molar-refractivity contribution is -0.888. The molecule has 200 valence electrons. The molecule has 1 N–H and O–H groups in total. The molecular formula is C23H51BrN3O5P. The number of hydroxylamine groups is 2. The SMILES string of the molecule is CCOP(=O)(OCC)C(N(OC(C)C(=O)NCCC[N+](C)(C)CC)C(C)(C)C)C(C)(C)C.[Br-]. The van der Waals surface area contributed by atoms with Crippen LogP contribution in [0.5, 0.6) is 0 Å². The minimum atomic E-state index is -3.57. The number of hydrogen-bond donors (Lipinski definition) is 1. The van der Waals surface area contributed by atoms with Gasteiger partial charge in [-0.2, -0.15) is 5.06 Å². The van der Waals surface area contributed by atoms with Crippen molar-refractivity contribution in [2.24, 2.45) is 5.41 Å². The van der Waals surface area contributed by atoms with E-state index in [9.17, 15) is 9.36 Å². The summed E-state index contributed by atoms with van der Waals surface area (Å²) >= 11 is 0. The molecule has 2 atom stereocenters. The van der Waals surface area contributed by atoms with Gasteiger partial charge in [-0.1, -0.05) is 20.8 Å². The van der Waals surface area contributed by atoms with Crippen molar-refractivity contribution in [3.8, 4) is 0 Å². The molecule has 0 bridgehead atoms. The summed E-state index contributed by atoms with van der Waals surface area (Å²) < 4.78 is 26.2. The van der Waals surface area contributed by atoms with E-state index in [1.807, 2.05) is 41.5 Å². The molecule has 10 heteroatoms. The van der Waals surface area contributed by atoms with Gasteiger partial charge in [-0.15, -0.1) is 0 Å². The standard InChI is InChI=1S/C23H50N3O5P.BrH/c1-13-26(11,12)18-16-17-24-20(27)19(4)31-25(23(8,9)10)21(22(5,6)7)32(28,29-14-2)30-15-3;/h19,21H,13-18H2,1-12H3;1H. The number of nitrogens with zero attached hydrogens (tertiary/aromatic N) is 2. The van der Waals surface area contributed by atoms with Gasteiger partial charge in [0.2, 0.25) is 0 Å². The van der Waals surface area contributed by atoms with Crippen LogP contribution in [0.1, 0.15) is 75.7 Å². The molecule has 1 amide bonds. The summed E-state index contributed by atoms with van der Waals surface area (Å²) in [6, 6.07) is 0. The van der Waals surface area contributed by atoms with Gasteiger partial charge in [0.05, 0.1) is 40.4 Å². The molecule has 0 rings (SSSR count). The fourth-order valence-electron chi connectivity index (χ4n) is 3.31. The Bertz CT molecular complexity index is 610. The van der Waals surface area contributed by atoms with Crippen LogP contribution >= 0.6 is 7.60 Å². The normalized spacial score (nSPS) is 15.2. The van der Waals surface area contributed by atoms with Gasteiger partial charge in [0.1, 0.15) is 5.78 Å². The summed E-state index contributed by atoms with van der Waals surface area (Å²) in [5, 5.41) is 4.62. The molecule has 0 fully saturated rings. The minimum Gasteiger partial charge on any atom is -1.00 e. The van der Waals surface area contributed by atoms with Crippen LogP contribution in [0.2, 0.25) is 0 Å². The number of rotatable bonds is 14. The summed E-state index contributed by atoms with van der Waals surface area (Å²) in [5.74, 6) is -0.899. The molecule has 0 heterocycles. The predicted octanol–water partition coefficient (Wildman–Crippen LogP) is 1.65. The second kappa shape index (κ2) is 14.5. The Labute approximate surface area is 213 Å². The number of carbonyl (C=O) groups is 1. The molecule has 0 aromatic carbocycles. The molecule has 2 unspecified atom stereocenters. The van der Waals surface area contributed by atoms with E-state index in [1.54, 1.807) is 25.8 Å². The number of quaternary nitrogens is 1. The molecule has 8 nitrogen and oxygen atoms in total. The van der Waals surface area contributed by atoms with Crippen molar-refractivity contribution in [2.45, 2.75) is 93.1 Å². The van der Waals surface area contributed by atoms with Gasteiger partial charge in [-0.25, -0.2) is 0 Å². The zero-order valence-electron chi connectivity index (χ0n) is 23.2. The van der Waals surface area contributed by atoms with E-state index < -0.39 is 30.4 Å². The van der Waals surface area contributed by atoms with Crippen molar-refractivity contribution in [2.75, 3.05) is 46.9 Å². The van der Waals surface area contributed by atoms with E-state index in [1.165, 1.54) is 0 Å². The van der Waals surface area contributed by atoms with Gasteiger partial charge in [0.25, 0.3) is 5.91 Å². The van der Waals surface area contributed by atoms with Crippen LogP contribution < -0.4 is 22.3 Å². The van der Waals surface area contributed by atoms with Crippen LogP contribution in [0.3, 0.4) is 0 Å². The maximum atomic E-state index is 13.9. The molecular weight excluding hydrogens is 509 g/mol. The Morgan fingerprint density at radius 1 is 1.03 bits per heavy atom. The topological polar surface area (TPSA) is 77.1 Å². The second-order valence-electron chi connectivity index (χ2n) is 11.0. The molecule has 33 heavy (non-hydrogen) atoms. The predicted molar refractivity (Wildman–Crippen MR) is 131 cm³/mol. The van der Waals surface area contributed by atoms with E-state index in [0.717, 1.165) is 24.0 Å². The maximum Gasteiger partial charge on any atom is 0.350 e. The molecule has 0 aliphatic rings. The molecule has 0 radical (unpaired) electrons.